The van der Waals surface area contributed by atoms with Crippen LogP contribution in [-0.2, 0) is 6.18 Å². The van der Waals surface area contributed by atoms with Crippen molar-refractivity contribution >= 4 is 16.8 Å². The summed E-state index contributed by atoms with van der Waals surface area (Å²) in [6.07, 6.45) is -4.82. The summed E-state index contributed by atoms with van der Waals surface area (Å²) in [5, 5.41) is -1.06. The second kappa shape index (κ2) is 4.06. The monoisotopic (exact) mass is 242 g/mol. The molecule has 1 aromatic rings. The van der Waals surface area contributed by atoms with Crippen molar-refractivity contribution in [3.63, 3.8) is 0 Å². The summed E-state index contributed by atoms with van der Waals surface area (Å²) in [5.41, 5.74) is -1.78. The van der Waals surface area contributed by atoms with Crippen molar-refractivity contribution in [2.75, 3.05) is 0 Å². The van der Waals surface area contributed by atoms with E-state index in [0.717, 1.165) is 6.07 Å². The normalized spacial score (nSPS) is 11.3. The van der Waals surface area contributed by atoms with Gasteiger partial charge in [0.15, 0.2) is 5.75 Å². The van der Waals surface area contributed by atoms with Crippen molar-refractivity contribution in [2.24, 2.45) is 0 Å². The van der Waals surface area contributed by atoms with E-state index < -0.39 is 22.7 Å². The Morgan fingerprint density at radius 1 is 1.33 bits per heavy atom. The van der Waals surface area contributed by atoms with Crippen molar-refractivity contribution in [3.8, 4) is 5.75 Å². The van der Waals surface area contributed by atoms with Crippen LogP contribution >= 0.6 is 11.6 Å². The first-order valence-electron chi connectivity index (χ1n) is 3.56. The highest BCUT2D eigenvalue weighted by molar-refractivity contribution is 6.67. The van der Waals surface area contributed by atoms with Crippen LogP contribution in [0, 0.1) is 0 Å². The van der Waals surface area contributed by atoms with E-state index in [1.165, 1.54) is 0 Å². The summed E-state index contributed by atoms with van der Waals surface area (Å²) in [7, 11) is 0. The molecule has 0 atom stereocenters. The minimum Gasteiger partial charge on any atom is -0.294 e. The predicted octanol–water partition coefficient (Wildman–Crippen LogP) is 3.35. The SMILES string of the molecule is O=C(Cl)c1ccc(OF)c(C(F)(F)F)c1. The maximum absolute atomic E-state index is 12.3. The highest BCUT2D eigenvalue weighted by atomic mass is 35.5. The van der Waals surface area contributed by atoms with E-state index in [1.54, 1.807) is 0 Å². The lowest BCUT2D eigenvalue weighted by molar-refractivity contribution is -0.142. The molecule has 0 spiro atoms. The fraction of sp³-hybridized carbons (Fsp3) is 0.125. The van der Waals surface area contributed by atoms with Crippen LogP contribution in [0.4, 0.5) is 17.7 Å². The van der Waals surface area contributed by atoms with Gasteiger partial charge < -0.3 is 0 Å². The molecule has 0 fully saturated rings. The smallest absolute Gasteiger partial charge is 0.294 e. The van der Waals surface area contributed by atoms with Gasteiger partial charge in [0, 0.05) is 10.1 Å². The Bertz CT molecular complexity index is 389. The number of carbonyl (C=O) groups is 1. The fourth-order valence-electron chi connectivity index (χ4n) is 0.941. The van der Waals surface area contributed by atoms with Crippen molar-refractivity contribution < 1.29 is 27.4 Å². The van der Waals surface area contributed by atoms with Crippen LogP contribution in [0.25, 0.3) is 0 Å². The topological polar surface area (TPSA) is 26.3 Å². The standard InChI is InChI=1S/C8H3ClF4O2/c9-7(14)4-1-2-6(15-13)5(3-4)8(10,11)12/h1-3H. The van der Waals surface area contributed by atoms with Crippen molar-refractivity contribution in [2.45, 2.75) is 6.18 Å². The lowest BCUT2D eigenvalue weighted by atomic mass is 10.1. The average molecular weight is 243 g/mol. The first kappa shape index (κ1) is 11.8. The highest BCUT2D eigenvalue weighted by Crippen LogP contribution is 2.37. The van der Waals surface area contributed by atoms with Gasteiger partial charge in [-0.25, -0.2) is 0 Å². The molecule has 1 rings (SSSR count). The Morgan fingerprint density at radius 2 is 1.93 bits per heavy atom. The molecule has 0 aliphatic carbocycles. The second-order valence-electron chi connectivity index (χ2n) is 2.56. The Hall–Kier alpha value is -1.30. The van der Waals surface area contributed by atoms with Gasteiger partial charge in [0.2, 0.25) is 0 Å². The number of carbonyl (C=O) groups excluding carboxylic acids is 1. The maximum Gasteiger partial charge on any atom is 0.420 e. The first-order valence-corrected chi connectivity index (χ1v) is 3.93. The number of halogens is 5. The quantitative estimate of drug-likeness (QED) is 0.587. The van der Waals surface area contributed by atoms with Gasteiger partial charge in [0.1, 0.15) is 5.56 Å². The molecule has 0 heterocycles. The summed E-state index contributed by atoms with van der Waals surface area (Å²) in [4.78, 5) is 13.6. The molecule has 0 aliphatic rings. The fourth-order valence-corrected chi connectivity index (χ4v) is 1.06. The Labute approximate surface area is 86.3 Å². The zero-order valence-electron chi connectivity index (χ0n) is 6.94. The molecule has 0 aromatic heterocycles. The second-order valence-corrected chi connectivity index (χ2v) is 2.90. The molecule has 2 nitrogen and oxygen atoms in total. The van der Waals surface area contributed by atoms with E-state index >= 15 is 0 Å². The zero-order chi connectivity index (χ0) is 11.6. The van der Waals surface area contributed by atoms with E-state index in [4.69, 9.17) is 11.6 Å². The average Bonchev–Trinajstić information content (AvgIpc) is 2.15. The molecular formula is C8H3ClF4O2. The highest BCUT2D eigenvalue weighted by Gasteiger charge is 2.35. The zero-order valence-corrected chi connectivity index (χ0v) is 7.69. The van der Waals surface area contributed by atoms with E-state index in [1.807, 2.05) is 0 Å². The maximum atomic E-state index is 12.3. The first-order chi connectivity index (χ1) is 6.86. The van der Waals surface area contributed by atoms with Gasteiger partial charge in [-0.15, -0.1) is 0 Å². The molecular weight excluding hydrogens is 240 g/mol. The van der Waals surface area contributed by atoms with Gasteiger partial charge in [-0.05, 0) is 29.8 Å². The summed E-state index contributed by atoms with van der Waals surface area (Å²) in [6.45, 7) is 0. The van der Waals surface area contributed by atoms with Crippen molar-refractivity contribution in [1.82, 2.24) is 0 Å². The molecule has 0 unspecified atom stereocenters. The van der Waals surface area contributed by atoms with Crippen molar-refractivity contribution in [3.05, 3.63) is 29.3 Å². The molecule has 0 bridgehead atoms. The van der Waals surface area contributed by atoms with E-state index in [-0.39, 0.29) is 5.56 Å². The number of alkyl halides is 3. The van der Waals surface area contributed by atoms with Gasteiger partial charge in [-0.1, -0.05) is 0 Å². The molecule has 15 heavy (non-hydrogen) atoms. The van der Waals surface area contributed by atoms with E-state index in [9.17, 15) is 22.5 Å². The molecule has 82 valence electrons. The van der Waals surface area contributed by atoms with Crippen LogP contribution in [0.5, 0.6) is 5.75 Å². The number of hydrogen-bond donors (Lipinski definition) is 0. The summed E-state index contributed by atoms with van der Waals surface area (Å²) in [6, 6.07) is 2.03. The third kappa shape index (κ3) is 2.59. The predicted molar refractivity (Wildman–Crippen MR) is 43.4 cm³/mol. The largest absolute Gasteiger partial charge is 0.420 e. The summed E-state index contributed by atoms with van der Waals surface area (Å²) >= 11 is 4.98. The van der Waals surface area contributed by atoms with Gasteiger partial charge in [-0.3, -0.25) is 9.74 Å². The molecule has 0 aliphatic heterocycles. The molecule has 0 saturated carbocycles. The third-order valence-electron chi connectivity index (χ3n) is 1.60. The molecule has 0 N–H and O–H groups in total. The van der Waals surface area contributed by atoms with Crippen molar-refractivity contribution in [1.29, 1.82) is 0 Å². The number of benzene rings is 1. The van der Waals surface area contributed by atoms with E-state index in [2.05, 4.69) is 4.94 Å². The molecule has 0 radical (unpaired) electrons. The molecule has 1 aromatic carbocycles. The Balaban J connectivity index is 3.32. The van der Waals surface area contributed by atoms with E-state index in [0.29, 0.717) is 12.1 Å². The summed E-state index contributed by atoms with van der Waals surface area (Å²) in [5.74, 6) is -1.01. The van der Waals surface area contributed by atoms with Crippen LogP contribution in [0.1, 0.15) is 15.9 Å². The Morgan fingerprint density at radius 3 is 2.33 bits per heavy atom. The lowest BCUT2D eigenvalue weighted by Crippen LogP contribution is -2.08. The van der Waals surface area contributed by atoms with Gasteiger partial charge >= 0.3 is 6.18 Å². The van der Waals surface area contributed by atoms with Gasteiger partial charge in [0.25, 0.3) is 5.24 Å². The minimum atomic E-state index is -4.82. The summed E-state index contributed by atoms with van der Waals surface area (Å²) < 4.78 is 48.6. The number of rotatable bonds is 2. The Kier molecular flexibility index (Phi) is 3.18. The van der Waals surface area contributed by atoms with Crippen LogP contribution in [-0.4, -0.2) is 5.24 Å². The third-order valence-corrected chi connectivity index (χ3v) is 1.81. The van der Waals surface area contributed by atoms with Crippen LogP contribution < -0.4 is 4.94 Å². The van der Waals surface area contributed by atoms with Gasteiger partial charge in [-0.2, -0.15) is 13.2 Å². The lowest BCUT2D eigenvalue weighted by Gasteiger charge is -2.09. The van der Waals surface area contributed by atoms with Crippen LogP contribution in [0.2, 0.25) is 0 Å². The van der Waals surface area contributed by atoms with Crippen LogP contribution in [0.15, 0.2) is 18.2 Å². The molecule has 7 heteroatoms. The molecule has 0 saturated heterocycles. The number of hydrogen-bond acceptors (Lipinski definition) is 2. The molecule has 0 amide bonds. The minimum absolute atomic E-state index is 0.384. The van der Waals surface area contributed by atoms with Crippen LogP contribution in [0.3, 0.4) is 0 Å². The van der Waals surface area contributed by atoms with Gasteiger partial charge in [0.05, 0.1) is 0 Å².